The van der Waals surface area contributed by atoms with Crippen LogP contribution in [0.4, 0.5) is 0 Å². The highest BCUT2D eigenvalue weighted by Crippen LogP contribution is 2.28. The van der Waals surface area contributed by atoms with Crippen molar-refractivity contribution in [2.75, 3.05) is 6.54 Å². The number of carbonyl (C=O) groups excluding carboxylic acids is 1. The van der Waals surface area contributed by atoms with Gasteiger partial charge in [0.2, 0.25) is 0 Å². The highest BCUT2D eigenvalue weighted by atomic mass is 127. The normalized spacial score (nSPS) is 17.7. The zero-order valence-electron chi connectivity index (χ0n) is 9.95. The molecule has 0 spiro atoms. The molecule has 4 nitrogen and oxygen atoms in total. The maximum atomic E-state index is 11.9. The summed E-state index contributed by atoms with van der Waals surface area (Å²) >= 11 is 2.00. The molecule has 1 aromatic rings. The number of hydrogen-bond donors (Lipinski definition) is 3. The SMILES string of the molecule is O=C(NCC1(O)CCCC1)c1ccc(I)c(O)c1. The summed E-state index contributed by atoms with van der Waals surface area (Å²) in [5, 5.41) is 22.4. The van der Waals surface area contributed by atoms with Crippen LogP contribution >= 0.6 is 22.6 Å². The molecule has 5 heteroatoms. The van der Waals surface area contributed by atoms with E-state index in [0.29, 0.717) is 9.13 Å². The minimum atomic E-state index is -0.749. The fourth-order valence-corrected chi connectivity index (χ4v) is 2.55. The second-order valence-corrected chi connectivity index (χ2v) is 5.94. The minimum Gasteiger partial charge on any atom is -0.507 e. The Kier molecular flexibility index (Phi) is 4.11. The zero-order valence-corrected chi connectivity index (χ0v) is 12.1. The van der Waals surface area contributed by atoms with Crippen molar-refractivity contribution in [2.24, 2.45) is 0 Å². The van der Waals surface area contributed by atoms with Gasteiger partial charge in [0.25, 0.3) is 5.91 Å². The summed E-state index contributed by atoms with van der Waals surface area (Å²) in [4.78, 5) is 11.9. The molecule has 18 heavy (non-hydrogen) atoms. The third kappa shape index (κ3) is 3.14. The average Bonchev–Trinajstić information content (AvgIpc) is 2.77. The fraction of sp³-hybridized carbons (Fsp3) is 0.462. The minimum absolute atomic E-state index is 0.0998. The Balaban J connectivity index is 1.97. The Bertz CT molecular complexity index is 456. The second-order valence-electron chi connectivity index (χ2n) is 4.78. The summed E-state index contributed by atoms with van der Waals surface area (Å²) in [6.07, 6.45) is 3.50. The number of rotatable bonds is 3. The van der Waals surface area contributed by atoms with Gasteiger partial charge in [0.15, 0.2) is 0 Å². The third-order valence-corrected chi connectivity index (χ3v) is 4.23. The van der Waals surface area contributed by atoms with Gasteiger partial charge >= 0.3 is 0 Å². The Morgan fingerprint density at radius 3 is 2.67 bits per heavy atom. The molecule has 1 saturated carbocycles. The van der Waals surface area contributed by atoms with Crippen LogP contribution in [0.1, 0.15) is 36.0 Å². The lowest BCUT2D eigenvalue weighted by Crippen LogP contribution is -2.40. The Morgan fingerprint density at radius 1 is 1.39 bits per heavy atom. The number of amides is 1. The van der Waals surface area contributed by atoms with Crippen molar-refractivity contribution in [2.45, 2.75) is 31.3 Å². The van der Waals surface area contributed by atoms with Crippen molar-refractivity contribution in [3.63, 3.8) is 0 Å². The van der Waals surface area contributed by atoms with E-state index in [4.69, 9.17) is 0 Å². The van der Waals surface area contributed by atoms with Crippen LogP contribution in [0.5, 0.6) is 5.75 Å². The number of hydrogen-bond acceptors (Lipinski definition) is 3. The summed E-state index contributed by atoms with van der Waals surface area (Å²) in [7, 11) is 0. The van der Waals surface area contributed by atoms with Crippen molar-refractivity contribution >= 4 is 28.5 Å². The van der Waals surface area contributed by atoms with Crippen molar-refractivity contribution in [3.05, 3.63) is 27.3 Å². The lowest BCUT2D eigenvalue weighted by atomic mass is 10.0. The topological polar surface area (TPSA) is 69.6 Å². The molecule has 0 saturated heterocycles. The number of aromatic hydroxyl groups is 1. The van der Waals surface area contributed by atoms with Crippen LogP contribution < -0.4 is 5.32 Å². The van der Waals surface area contributed by atoms with Crippen molar-refractivity contribution in [1.29, 1.82) is 0 Å². The standard InChI is InChI=1S/C13H16INO3/c14-10-4-3-9(7-11(10)16)12(17)15-8-13(18)5-1-2-6-13/h3-4,7,16,18H,1-2,5-6,8H2,(H,15,17). The lowest BCUT2D eigenvalue weighted by Gasteiger charge is -2.22. The van der Waals surface area contributed by atoms with Gasteiger partial charge < -0.3 is 15.5 Å². The smallest absolute Gasteiger partial charge is 0.251 e. The van der Waals surface area contributed by atoms with Crippen LogP contribution in [0.3, 0.4) is 0 Å². The summed E-state index contributed by atoms with van der Waals surface area (Å²) in [5.74, 6) is -0.162. The Morgan fingerprint density at radius 2 is 2.06 bits per heavy atom. The highest BCUT2D eigenvalue weighted by molar-refractivity contribution is 14.1. The molecule has 0 bridgehead atoms. The monoisotopic (exact) mass is 361 g/mol. The molecular formula is C13H16INO3. The van der Waals surface area contributed by atoms with E-state index in [9.17, 15) is 15.0 Å². The van der Waals surface area contributed by atoms with Gasteiger partial charge in [-0.1, -0.05) is 12.8 Å². The number of halogens is 1. The second kappa shape index (κ2) is 5.44. The van der Waals surface area contributed by atoms with Crippen LogP contribution in [0.25, 0.3) is 0 Å². The molecule has 98 valence electrons. The van der Waals surface area contributed by atoms with Gasteiger partial charge in [-0.25, -0.2) is 0 Å². The van der Waals surface area contributed by atoms with E-state index in [1.54, 1.807) is 12.1 Å². The van der Waals surface area contributed by atoms with E-state index in [0.717, 1.165) is 25.7 Å². The van der Waals surface area contributed by atoms with Gasteiger partial charge in [-0.05, 0) is 53.6 Å². The molecule has 0 aliphatic heterocycles. The third-order valence-electron chi connectivity index (χ3n) is 3.32. The molecule has 1 aromatic carbocycles. The predicted molar refractivity (Wildman–Crippen MR) is 76.6 cm³/mol. The first-order valence-corrected chi connectivity index (χ1v) is 7.07. The number of phenolic OH excluding ortho intramolecular Hbond substituents is 1. The zero-order chi connectivity index (χ0) is 13.2. The number of aliphatic hydroxyl groups is 1. The molecule has 0 atom stereocenters. The quantitative estimate of drug-likeness (QED) is 0.722. The van der Waals surface area contributed by atoms with Gasteiger partial charge in [0.05, 0.1) is 9.17 Å². The van der Waals surface area contributed by atoms with Crippen LogP contribution in [-0.2, 0) is 0 Å². The molecule has 1 aliphatic rings. The van der Waals surface area contributed by atoms with Gasteiger partial charge in [-0.2, -0.15) is 0 Å². The van der Waals surface area contributed by atoms with E-state index in [1.165, 1.54) is 6.07 Å². The van der Waals surface area contributed by atoms with E-state index < -0.39 is 5.60 Å². The van der Waals surface area contributed by atoms with Crippen LogP contribution in [-0.4, -0.2) is 28.3 Å². The molecule has 3 N–H and O–H groups in total. The van der Waals surface area contributed by atoms with Crippen LogP contribution in [0, 0.1) is 3.57 Å². The highest BCUT2D eigenvalue weighted by Gasteiger charge is 2.31. The maximum absolute atomic E-state index is 11.9. The number of carbonyl (C=O) groups is 1. The first kappa shape index (κ1) is 13.6. The number of benzene rings is 1. The molecule has 1 amide bonds. The van der Waals surface area contributed by atoms with Crippen molar-refractivity contribution in [1.82, 2.24) is 5.32 Å². The molecule has 1 aliphatic carbocycles. The first-order valence-electron chi connectivity index (χ1n) is 5.99. The molecule has 0 unspecified atom stereocenters. The lowest BCUT2D eigenvalue weighted by molar-refractivity contribution is 0.0449. The Hall–Kier alpha value is -0.820. The summed E-state index contributed by atoms with van der Waals surface area (Å²) in [5.41, 5.74) is -0.338. The summed E-state index contributed by atoms with van der Waals surface area (Å²) in [6, 6.07) is 4.79. The van der Waals surface area contributed by atoms with Crippen LogP contribution in [0.15, 0.2) is 18.2 Å². The summed E-state index contributed by atoms with van der Waals surface area (Å²) < 4.78 is 0.707. The van der Waals surface area contributed by atoms with E-state index in [2.05, 4.69) is 5.32 Å². The Labute approximate surface area is 120 Å². The first-order chi connectivity index (χ1) is 8.50. The molecule has 1 fully saturated rings. The van der Waals surface area contributed by atoms with Gasteiger partial charge in [0, 0.05) is 12.1 Å². The fourth-order valence-electron chi connectivity index (χ4n) is 2.21. The van der Waals surface area contributed by atoms with Crippen molar-refractivity contribution < 1.29 is 15.0 Å². The predicted octanol–water partition coefficient (Wildman–Crippen LogP) is 2.03. The van der Waals surface area contributed by atoms with Gasteiger partial charge in [-0.15, -0.1) is 0 Å². The number of phenols is 1. The van der Waals surface area contributed by atoms with E-state index in [-0.39, 0.29) is 18.2 Å². The maximum Gasteiger partial charge on any atom is 0.251 e. The molecular weight excluding hydrogens is 345 g/mol. The van der Waals surface area contributed by atoms with Crippen LogP contribution in [0.2, 0.25) is 0 Å². The van der Waals surface area contributed by atoms with Gasteiger partial charge in [0.1, 0.15) is 5.75 Å². The van der Waals surface area contributed by atoms with Crippen molar-refractivity contribution in [3.8, 4) is 5.75 Å². The van der Waals surface area contributed by atoms with E-state index in [1.807, 2.05) is 22.6 Å². The largest absolute Gasteiger partial charge is 0.507 e. The summed E-state index contributed by atoms with van der Waals surface area (Å²) in [6.45, 7) is 0.276. The molecule has 2 rings (SSSR count). The number of nitrogens with one attached hydrogen (secondary N) is 1. The molecule has 0 aromatic heterocycles. The van der Waals surface area contributed by atoms with E-state index >= 15 is 0 Å². The molecule has 0 radical (unpaired) electrons. The molecule has 0 heterocycles. The van der Waals surface area contributed by atoms with Gasteiger partial charge in [-0.3, -0.25) is 4.79 Å². The average molecular weight is 361 g/mol.